The Morgan fingerprint density at radius 3 is 2.70 bits per heavy atom. The summed E-state index contributed by atoms with van der Waals surface area (Å²) in [4.78, 5) is 21.8. The van der Waals surface area contributed by atoms with E-state index in [9.17, 15) is 4.79 Å². The number of carbonyl (C=O) groups is 1. The number of fused-ring (bicyclic) bond motifs is 1. The number of nitrogens with zero attached hydrogens (tertiary/aromatic N) is 3. The molecule has 1 saturated carbocycles. The zero-order valence-corrected chi connectivity index (χ0v) is 18.4. The standard InChI is InChI=1S/C24H37N5O/c1-2-25-24(27-14-13-26-23(30)20-10-11-20)29-16-12-22-21(18-29)9-6-15-28(22)17-19-7-4-3-5-8-19/h3-5,7-8,20-22H,2,6,9-18H2,1H3,(H,25,27)(H,26,30). The van der Waals surface area contributed by atoms with Crippen molar-refractivity contribution in [3.8, 4) is 0 Å². The first-order valence-electron chi connectivity index (χ1n) is 11.8. The average molecular weight is 412 g/mol. The molecule has 2 unspecified atom stereocenters. The van der Waals surface area contributed by atoms with E-state index in [0.29, 0.717) is 25.0 Å². The highest BCUT2D eigenvalue weighted by Crippen LogP contribution is 2.32. The number of hydrogen-bond acceptors (Lipinski definition) is 3. The van der Waals surface area contributed by atoms with Gasteiger partial charge in [-0.2, -0.15) is 0 Å². The molecule has 4 rings (SSSR count). The fraction of sp³-hybridized carbons (Fsp3) is 0.667. The molecule has 1 aromatic rings. The summed E-state index contributed by atoms with van der Waals surface area (Å²) >= 11 is 0. The van der Waals surface area contributed by atoms with Crippen molar-refractivity contribution in [2.24, 2.45) is 16.8 Å². The van der Waals surface area contributed by atoms with Gasteiger partial charge in [0.1, 0.15) is 0 Å². The van der Waals surface area contributed by atoms with E-state index < -0.39 is 0 Å². The highest BCUT2D eigenvalue weighted by atomic mass is 16.2. The van der Waals surface area contributed by atoms with E-state index in [2.05, 4.69) is 57.7 Å². The van der Waals surface area contributed by atoms with Gasteiger partial charge in [-0.3, -0.25) is 14.7 Å². The fourth-order valence-electron chi connectivity index (χ4n) is 4.97. The van der Waals surface area contributed by atoms with E-state index in [1.807, 2.05) is 0 Å². The summed E-state index contributed by atoms with van der Waals surface area (Å²) in [6.07, 6.45) is 5.89. The molecule has 1 aromatic carbocycles. The molecule has 2 atom stereocenters. The Labute approximate surface area is 181 Å². The van der Waals surface area contributed by atoms with E-state index in [4.69, 9.17) is 4.99 Å². The number of amides is 1. The van der Waals surface area contributed by atoms with Crippen LogP contribution in [0.2, 0.25) is 0 Å². The molecule has 2 saturated heterocycles. The Bertz CT molecular complexity index is 718. The molecule has 2 N–H and O–H groups in total. The van der Waals surface area contributed by atoms with Gasteiger partial charge in [-0.05, 0) is 57.1 Å². The lowest BCUT2D eigenvalue weighted by molar-refractivity contribution is -0.122. The van der Waals surface area contributed by atoms with Crippen molar-refractivity contribution in [2.45, 2.75) is 51.6 Å². The molecule has 6 nitrogen and oxygen atoms in total. The average Bonchev–Trinajstić information content (AvgIpc) is 3.62. The molecule has 1 amide bonds. The molecular formula is C24H37N5O. The normalized spacial score (nSPS) is 25.0. The van der Waals surface area contributed by atoms with Crippen molar-refractivity contribution in [1.82, 2.24) is 20.4 Å². The van der Waals surface area contributed by atoms with Gasteiger partial charge in [0, 0.05) is 44.7 Å². The lowest BCUT2D eigenvalue weighted by Gasteiger charge is -2.48. The Hall–Kier alpha value is -2.08. The van der Waals surface area contributed by atoms with Gasteiger partial charge in [-0.25, -0.2) is 0 Å². The molecule has 0 aromatic heterocycles. The molecule has 0 spiro atoms. The van der Waals surface area contributed by atoms with Crippen LogP contribution in [0.25, 0.3) is 0 Å². The minimum absolute atomic E-state index is 0.205. The van der Waals surface area contributed by atoms with Crippen LogP contribution < -0.4 is 10.6 Å². The number of rotatable bonds is 7. The zero-order valence-electron chi connectivity index (χ0n) is 18.4. The van der Waals surface area contributed by atoms with Crippen LogP contribution in [0.3, 0.4) is 0 Å². The van der Waals surface area contributed by atoms with Crippen LogP contribution in [0.15, 0.2) is 35.3 Å². The Morgan fingerprint density at radius 2 is 1.93 bits per heavy atom. The molecule has 1 aliphatic carbocycles. The van der Waals surface area contributed by atoms with Crippen molar-refractivity contribution in [3.05, 3.63) is 35.9 Å². The first kappa shape index (κ1) is 21.2. The molecule has 0 radical (unpaired) electrons. The molecule has 164 valence electrons. The number of benzene rings is 1. The van der Waals surface area contributed by atoms with Gasteiger partial charge in [-0.15, -0.1) is 0 Å². The van der Waals surface area contributed by atoms with Gasteiger partial charge in [0.25, 0.3) is 0 Å². The first-order chi connectivity index (χ1) is 14.7. The molecule has 2 heterocycles. The molecule has 2 aliphatic heterocycles. The lowest BCUT2D eigenvalue weighted by atomic mass is 9.83. The van der Waals surface area contributed by atoms with Gasteiger partial charge in [-0.1, -0.05) is 30.3 Å². The summed E-state index contributed by atoms with van der Waals surface area (Å²) in [6, 6.07) is 11.6. The third-order valence-electron chi connectivity index (χ3n) is 6.67. The maximum Gasteiger partial charge on any atom is 0.223 e. The molecular weight excluding hydrogens is 374 g/mol. The second-order valence-corrected chi connectivity index (χ2v) is 8.96. The third-order valence-corrected chi connectivity index (χ3v) is 6.67. The van der Waals surface area contributed by atoms with E-state index in [1.165, 1.54) is 31.4 Å². The Balaban J connectivity index is 1.31. The maximum atomic E-state index is 11.8. The number of nitrogens with one attached hydrogen (secondary N) is 2. The van der Waals surface area contributed by atoms with Gasteiger partial charge in [0.05, 0.1) is 6.54 Å². The van der Waals surface area contributed by atoms with Crippen molar-refractivity contribution in [3.63, 3.8) is 0 Å². The molecule has 3 aliphatic rings. The van der Waals surface area contributed by atoms with Gasteiger partial charge < -0.3 is 15.5 Å². The summed E-state index contributed by atoms with van der Waals surface area (Å²) < 4.78 is 0. The number of piperidine rings is 2. The zero-order chi connectivity index (χ0) is 20.8. The second kappa shape index (κ2) is 10.3. The second-order valence-electron chi connectivity index (χ2n) is 8.96. The van der Waals surface area contributed by atoms with Gasteiger partial charge in [0.2, 0.25) is 5.91 Å². The highest BCUT2D eigenvalue weighted by molar-refractivity contribution is 5.81. The van der Waals surface area contributed by atoms with Crippen molar-refractivity contribution >= 4 is 11.9 Å². The van der Waals surface area contributed by atoms with Crippen LogP contribution in [0.5, 0.6) is 0 Å². The minimum Gasteiger partial charge on any atom is -0.357 e. The lowest BCUT2D eigenvalue weighted by Crippen LogP contribution is -2.56. The largest absolute Gasteiger partial charge is 0.357 e. The Kier molecular flexibility index (Phi) is 7.26. The number of hydrogen-bond donors (Lipinski definition) is 2. The number of guanidine groups is 1. The minimum atomic E-state index is 0.205. The summed E-state index contributed by atoms with van der Waals surface area (Å²) in [6.45, 7) is 8.68. The predicted octanol–water partition coefficient (Wildman–Crippen LogP) is 2.46. The van der Waals surface area contributed by atoms with Crippen molar-refractivity contribution < 1.29 is 4.79 Å². The highest BCUT2D eigenvalue weighted by Gasteiger charge is 2.36. The number of likely N-dealkylation sites (tertiary alicyclic amines) is 2. The summed E-state index contributed by atoms with van der Waals surface area (Å²) in [5, 5.41) is 6.49. The molecule has 0 bridgehead atoms. The molecule has 3 fully saturated rings. The molecule has 30 heavy (non-hydrogen) atoms. The summed E-state index contributed by atoms with van der Waals surface area (Å²) in [5.41, 5.74) is 1.42. The number of carbonyl (C=O) groups excluding carboxylic acids is 1. The molecule has 6 heteroatoms. The van der Waals surface area contributed by atoms with Crippen LogP contribution in [-0.2, 0) is 11.3 Å². The topological polar surface area (TPSA) is 60.0 Å². The van der Waals surface area contributed by atoms with Crippen LogP contribution in [0.4, 0.5) is 0 Å². The predicted molar refractivity (Wildman–Crippen MR) is 121 cm³/mol. The summed E-state index contributed by atoms with van der Waals surface area (Å²) in [5.74, 6) is 2.19. The van der Waals surface area contributed by atoms with E-state index >= 15 is 0 Å². The maximum absolute atomic E-state index is 11.8. The van der Waals surface area contributed by atoms with E-state index in [0.717, 1.165) is 45.0 Å². The van der Waals surface area contributed by atoms with Crippen LogP contribution >= 0.6 is 0 Å². The number of aliphatic imine (C=N–C) groups is 1. The fourth-order valence-corrected chi connectivity index (χ4v) is 4.97. The van der Waals surface area contributed by atoms with Crippen LogP contribution in [-0.4, -0.2) is 67.0 Å². The van der Waals surface area contributed by atoms with E-state index in [1.54, 1.807) is 0 Å². The van der Waals surface area contributed by atoms with Gasteiger partial charge in [0.15, 0.2) is 5.96 Å². The third kappa shape index (κ3) is 5.54. The van der Waals surface area contributed by atoms with Crippen molar-refractivity contribution in [1.29, 1.82) is 0 Å². The Morgan fingerprint density at radius 1 is 1.10 bits per heavy atom. The van der Waals surface area contributed by atoms with Gasteiger partial charge >= 0.3 is 0 Å². The SMILES string of the molecule is CCNC(=NCCNC(=O)C1CC1)N1CCC2C(CCCN2Cc2ccccc2)C1. The first-order valence-corrected chi connectivity index (χ1v) is 11.8. The van der Waals surface area contributed by atoms with E-state index in [-0.39, 0.29) is 11.8 Å². The van der Waals surface area contributed by atoms with Crippen molar-refractivity contribution in [2.75, 3.05) is 39.3 Å². The van der Waals surface area contributed by atoms with Crippen LogP contribution in [0.1, 0.15) is 44.6 Å². The smallest absolute Gasteiger partial charge is 0.223 e. The monoisotopic (exact) mass is 411 g/mol. The summed E-state index contributed by atoms with van der Waals surface area (Å²) in [7, 11) is 0. The quantitative estimate of drug-likeness (QED) is 0.411. The van der Waals surface area contributed by atoms with Crippen LogP contribution in [0, 0.1) is 11.8 Å².